The van der Waals surface area contributed by atoms with Crippen LogP contribution in [0, 0.1) is 0 Å². The van der Waals surface area contributed by atoms with Gasteiger partial charge in [0, 0.05) is 6.42 Å². The number of ether oxygens (including phenoxy) is 1. The van der Waals surface area contributed by atoms with Gasteiger partial charge in [0.1, 0.15) is 5.75 Å². The Morgan fingerprint density at radius 2 is 1.94 bits per heavy atom. The molecule has 1 aromatic rings. The van der Waals surface area contributed by atoms with Crippen LogP contribution in [0.15, 0.2) is 24.3 Å². The molecule has 0 unspecified atom stereocenters. The minimum Gasteiger partial charge on any atom is -0.482 e. The molecule has 5 heteroatoms. The van der Waals surface area contributed by atoms with Crippen molar-refractivity contribution >= 4 is 11.9 Å². The minimum atomic E-state index is -1.05. The lowest BCUT2D eigenvalue weighted by Crippen LogP contribution is -2.09. The number of carbonyl (C=O) groups is 2. The smallest absolute Gasteiger partial charge is 0.341 e. The Morgan fingerprint density at radius 3 is 2.56 bits per heavy atom. The third-order valence-corrected chi connectivity index (χ3v) is 1.89. The molecule has 0 fully saturated rings. The van der Waals surface area contributed by atoms with Crippen molar-refractivity contribution in [2.24, 2.45) is 0 Å². The number of rotatable bonds is 6. The average molecular weight is 224 g/mol. The first kappa shape index (κ1) is 12.0. The molecule has 0 radical (unpaired) electrons. The van der Waals surface area contributed by atoms with Crippen molar-refractivity contribution in [3.8, 4) is 5.75 Å². The predicted molar refractivity (Wildman–Crippen MR) is 55.5 cm³/mol. The van der Waals surface area contributed by atoms with Gasteiger partial charge in [-0.15, -0.1) is 0 Å². The van der Waals surface area contributed by atoms with Crippen molar-refractivity contribution in [2.75, 3.05) is 6.61 Å². The standard InChI is InChI=1S/C11H12O5/c12-10(13)5-4-8-2-1-3-9(6-8)16-7-11(14)15/h1-3,6H,4-5,7H2,(H,12,13)(H,14,15). The highest BCUT2D eigenvalue weighted by Gasteiger charge is 2.02. The van der Waals surface area contributed by atoms with Crippen LogP contribution in [0.1, 0.15) is 12.0 Å². The summed E-state index contributed by atoms with van der Waals surface area (Å²) in [5.41, 5.74) is 0.810. The highest BCUT2D eigenvalue weighted by Crippen LogP contribution is 2.14. The summed E-state index contributed by atoms with van der Waals surface area (Å²) in [5.74, 6) is -1.47. The zero-order valence-corrected chi connectivity index (χ0v) is 8.55. The maximum absolute atomic E-state index is 10.4. The van der Waals surface area contributed by atoms with Crippen LogP contribution in [0.4, 0.5) is 0 Å². The van der Waals surface area contributed by atoms with Crippen LogP contribution in [0.3, 0.4) is 0 Å². The van der Waals surface area contributed by atoms with Gasteiger partial charge >= 0.3 is 11.9 Å². The van der Waals surface area contributed by atoms with E-state index in [1.165, 1.54) is 0 Å². The van der Waals surface area contributed by atoms with Crippen LogP contribution in [-0.2, 0) is 16.0 Å². The Balaban J connectivity index is 2.56. The Labute approximate surface area is 92.3 Å². The summed E-state index contributed by atoms with van der Waals surface area (Å²) in [6, 6.07) is 6.75. The topological polar surface area (TPSA) is 83.8 Å². The maximum atomic E-state index is 10.4. The van der Waals surface area contributed by atoms with Gasteiger partial charge in [0.05, 0.1) is 0 Å². The molecule has 86 valence electrons. The highest BCUT2D eigenvalue weighted by molar-refractivity contribution is 5.68. The summed E-state index contributed by atoms with van der Waals surface area (Å²) in [4.78, 5) is 20.6. The number of benzene rings is 1. The van der Waals surface area contributed by atoms with Gasteiger partial charge in [-0.3, -0.25) is 4.79 Å². The van der Waals surface area contributed by atoms with Crippen molar-refractivity contribution in [2.45, 2.75) is 12.8 Å². The number of hydrogen-bond acceptors (Lipinski definition) is 3. The van der Waals surface area contributed by atoms with Crippen LogP contribution in [0.5, 0.6) is 5.75 Å². The van der Waals surface area contributed by atoms with E-state index in [0.717, 1.165) is 5.56 Å². The molecule has 0 atom stereocenters. The largest absolute Gasteiger partial charge is 0.482 e. The fourth-order valence-electron chi connectivity index (χ4n) is 1.19. The Morgan fingerprint density at radius 1 is 1.19 bits per heavy atom. The first-order valence-corrected chi connectivity index (χ1v) is 4.73. The van der Waals surface area contributed by atoms with E-state index in [-0.39, 0.29) is 6.42 Å². The third-order valence-electron chi connectivity index (χ3n) is 1.89. The van der Waals surface area contributed by atoms with E-state index in [9.17, 15) is 9.59 Å². The molecule has 2 N–H and O–H groups in total. The van der Waals surface area contributed by atoms with Gasteiger partial charge in [0.15, 0.2) is 6.61 Å². The van der Waals surface area contributed by atoms with Gasteiger partial charge < -0.3 is 14.9 Å². The average Bonchev–Trinajstić information content (AvgIpc) is 2.24. The zero-order chi connectivity index (χ0) is 12.0. The van der Waals surface area contributed by atoms with Crippen molar-refractivity contribution in [1.82, 2.24) is 0 Å². The molecule has 0 aliphatic rings. The van der Waals surface area contributed by atoms with Gasteiger partial charge in [-0.1, -0.05) is 12.1 Å². The molecule has 0 saturated carbocycles. The third kappa shape index (κ3) is 4.45. The van der Waals surface area contributed by atoms with Crippen LogP contribution < -0.4 is 4.74 Å². The molecular weight excluding hydrogens is 212 g/mol. The lowest BCUT2D eigenvalue weighted by molar-refractivity contribution is -0.139. The summed E-state index contributed by atoms with van der Waals surface area (Å²) in [5, 5.41) is 16.9. The van der Waals surface area contributed by atoms with Gasteiger partial charge in [-0.2, -0.15) is 0 Å². The summed E-state index contributed by atoms with van der Waals surface area (Å²) < 4.78 is 4.97. The van der Waals surface area contributed by atoms with Gasteiger partial charge in [0.25, 0.3) is 0 Å². The quantitative estimate of drug-likeness (QED) is 0.757. The summed E-state index contributed by atoms with van der Waals surface area (Å²) in [7, 11) is 0. The second kappa shape index (κ2) is 5.75. The summed E-state index contributed by atoms with van der Waals surface area (Å²) in [6.07, 6.45) is 0.446. The van der Waals surface area contributed by atoms with E-state index in [4.69, 9.17) is 14.9 Å². The fourth-order valence-corrected chi connectivity index (χ4v) is 1.19. The van der Waals surface area contributed by atoms with E-state index >= 15 is 0 Å². The number of carboxylic acids is 2. The van der Waals surface area contributed by atoms with Gasteiger partial charge in [-0.05, 0) is 24.1 Å². The Kier molecular flexibility index (Phi) is 4.32. The molecule has 0 bridgehead atoms. The predicted octanol–water partition coefficient (Wildman–Crippen LogP) is 1.17. The molecule has 0 aromatic heterocycles. The number of aryl methyl sites for hydroxylation is 1. The van der Waals surface area contributed by atoms with Crippen LogP contribution in [0.2, 0.25) is 0 Å². The molecule has 1 rings (SSSR count). The van der Waals surface area contributed by atoms with E-state index in [0.29, 0.717) is 12.2 Å². The van der Waals surface area contributed by atoms with Crippen molar-refractivity contribution < 1.29 is 24.5 Å². The Bertz CT molecular complexity index is 352. The maximum Gasteiger partial charge on any atom is 0.341 e. The number of carboxylic acid groups (broad SMARTS) is 2. The Hall–Kier alpha value is -2.04. The first-order chi connectivity index (χ1) is 7.58. The molecule has 0 aliphatic heterocycles. The van der Waals surface area contributed by atoms with E-state index in [2.05, 4.69) is 0 Å². The number of aliphatic carboxylic acids is 2. The van der Waals surface area contributed by atoms with E-state index in [1.54, 1.807) is 24.3 Å². The molecule has 5 nitrogen and oxygen atoms in total. The van der Waals surface area contributed by atoms with Crippen LogP contribution in [-0.4, -0.2) is 28.8 Å². The molecule has 0 spiro atoms. The summed E-state index contributed by atoms with van der Waals surface area (Å²) >= 11 is 0. The molecule has 0 heterocycles. The van der Waals surface area contributed by atoms with Crippen LogP contribution >= 0.6 is 0 Å². The fraction of sp³-hybridized carbons (Fsp3) is 0.273. The van der Waals surface area contributed by atoms with Gasteiger partial charge in [0.2, 0.25) is 0 Å². The minimum absolute atomic E-state index is 0.0440. The molecule has 1 aromatic carbocycles. The SMILES string of the molecule is O=C(O)CCc1cccc(OCC(=O)O)c1. The monoisotopic (exact) mass is 224 g/mol. The first-order valence-electron chi connectivity index (χ1n) is 4.73. The second-order valence-corrected chi connectivity index (χ2v) is 3.22. The summed E-state index contributed by atoms with van der Waals surface area (Å²) in [6.45, 7) is -0.400. The second-order valence-electron chi connectivity index (χ2n) is 3.22. The number of hydrogen-bond donors (Lipinski definition) is 2. The zero-order valence-electron chi connectivity index (χ0n) is 8.55. The normalized spacial score (nSPS) is 9.75. The van der Waals surface area contributed by atoms with Crippen LogP contribution in [0.25, 0.3) is 0 Å². The van der Waals surface area contributed by atoms with Crippen molar-refractivity contribution in [3.05, 3.63) is 29.8 Å². The molecule has 0 saturated heterocycles. The lowest BCUT2D eigenvalue weighted by Gasteiger charge is -2.05. The lowest BCUT2D eigenvalue weighted by atomic mass is 10.1. The van der Waals surface area contributed by atoms with Crippen molar-refractivity contribution in [1.29, 1.82) is 0 Å². The van der Waals surface area contributed by atoms with E-state index in [1.807, 2.05) is 0 Å². The molecule has 0 amide bonds. The molecule has 16 heavy (non-hydrogen) atoms. The molecule has 0 aliphatic carbocycles. The van der Waals surface area contributed by atoms with E-state index < -0.39 is 18.5 Å². The highest BCUT2D eigenvalue weighted by atomic mass is 16.5. The van der Waals surface area contributed by atoms with Gasteiger partial charge in [-0.25, -0.2) is 4.79 Å². The van der Waals surface area contributed by atoms with Crippen molar-refractivity contribution in [3.63, 3.8) is 0 Å². The molecular formula is C11H12O5.